The van der Waals surface area contributed by atoms with E-state index in [9.17, 15) is 5.11 Å². The summed E-state index contributed by atoms with van der Waals surface area (Å²) >= 11 is 3.49. The number of phenols is 1. The molecule has 1 aromatic carbocycles. The summed E-state index contributed by atoms with van der Waals surface area (Å²) in [7, 11) is 0. The number of aromatic hydroxyl groups is 1. The van der Waals surface area contributed by atoms with Crippen molar-refractivity contribution < 1.29 is 5.11 Å². The summed E-state index contributed by atoms with van der Waals surface area (Å²) in [6.45, 7) is 7.55. The number of aryl methyl sites for hydroxylation is 1. The molecule has 16 heavy (non-hydrogen) atoms. The highest BCUT2D eigenvalue weighted by atomic mass is 79.9. The molecule has 0 saturated heterocycles. The number of rotatable bonds is 3. The first-order valence-electron chi connectivity index (χ1n) is 4.84. The largest absolute Gasteiger partial charge is 0.508 e. The summed E-state index contributed by atoms with van der Waals surface area (Å²) in [5.41, 5.74) is 8.79. The fraction of sp³-hybridized carbons (Fsp3) is 0.333. The van der Waals surface area contributed by atoms with Crippen LogP contribution in [0.3, 0.4) is 0 Å². The van der Waals surface area contributed by atoms with Crippen molar-refractivity contribution in [3.05, 3.63) is 39.9 Å². The van der Waals surface area contributed by atoms with Crippen LogP contribution in [0.25, 0.3) is 0 Å². The minimum Gasteiger partial charge on any atom is -0.508 e. The Hall–Kier alpha value is -0.510. The van der Waals surface area contributed by atoms with Gasteiger partial charge in [-0.25, -0.2) is 0 Å². The van der Waals surface area contributed by atoms with E-state index < -0.39 is 0 Å². The highest BCUT2D eigenvalue weighted by Crippen LogP contribution is 2.35. The molecule has 1 atom stereocenters. The number of halogens is 2. The lowest BCUT2D eigenvalue weighted by Gasteiger charge is -2.17. The van der Waals surface area contributed by atoms with Gasteiger partial charge in [0.15, 0.2) is 0 Å². The van der Waals surface area contributed by atoms with Crippen molar-refractivity contribution in [3.8, 4) is 5.75 Å². The van der Waals surface area contributed by atoms with Crippen molar-refractivity contribution in [1.29, 1.82) is 0 Å². The highest BCUT2D eigenvalue weighted by Gasteiger charge is 2.16. The normalized spacial score (nSPS) is 11.8. The van der Waals surface area contributed by atoms with Crippen LogP contribution in [-0.4, -0.2) is 5.11 Å². The molecule has 0 bridgehead atoms. The minimum atomic E-state index is -0.195. The van der Waals surface area contributed by atoms with Crippen LogP contribution in [0.1, 0.15) is 29.2 Å². The van der Waals surface area contributed by atoms with Crippen molar-refractivity contribution in [3.63, 3.8) is 0 Å². The fourth-order valence-corrected chi connectivity index (χ4v) is 2.05. The lowest BCUT2D eigenvalue weighted by Crippen LogP contribution is -2.11. The van der Waals surface area contributed by atoms with E-state index in [1.807, 2.05) is 13.8 Å². The van der Waals surface area contributed by atoms with Crippen molar-refractivity contribution in [2.24, 2.45) is 5.73 Å². The zero-order chi connectivity index (χ0) is 11.6. The summed E-state index contributed by atoms with van der Waals surface area (Å²) in [6.07, 6.45) is 2.42. The lowest BCUT2D eigenvalue weighted by molar-refractivity contribution is 0.460. The predicted octanol–water partition coefficient (Wildman–Crippen LogP) is 3.77. The number of hydrogen-bond acceptors (Lipinski definition) is 2. The second-order valence-electron chi connectivity index (χ2n) is 3.70. The molecule has 0 fully saturated rings. The van der Waals surface area contributed by atoms with Crippen LogP contribution in [0.15, 0.2) is 23.2 Å². The van der Waals surface area contributed by atoms with Crippen molar-refractivity contribution in [2.75, 3.05) is 0 Å². The molecule has 1 rings (SSSR count). The first-order valence-corrected chi connectivity index (χ1v) is 5.63. The maximum absolute atomic E-state index is 9.86. The Labute approximate surface area is 111 Å². The zero-order valence-corrected chi connectivity index (χ0v) is 11.9. The van der Waals surface area contributed by atoms with Gasteiger partial charge in [0.05, 0.1) is 0 Å². The predicted molar refractivity (Wildman–Crippen MR) is 74.3 cm³/mol. The van der Waals surface area contributed by atoms with Gasteiger partial charge in [-0.1, -0.05) is 22.0 Å². The third-order valence-corrected chi connectivity index (χ3v) is 3.72. The van der Waals surface area contributed by atoms with Gasteiger partial charge >= 0.3 is 0 Å². The molecule has 0 aliphatic heterocycles. The number of phenolic OH excluding ortho intramolecular Hbond substituents is 1. The van der Waals surface area contributed by atoms with Crippen LogP contribution in [0.4, 0.5) is 0 Å². The first kappa shape index (κ1) is 15.5. The molecular formula is C12H17BrClNO. The van der Waals surface area contributed by atoms with Crippen LogP contribution in [0.5, 0.6) is 5.75 Å². The van der Waals surface area contributed by atoms with Crippen molar-refractivity contribution in [2.45, 2.75) is 26.3 Å². The highest BCUT2D eigenvalue weighted by molar-refractivity contribution is 9.10. The Morgan fingerprint density at radius 2 is 2.12 bits per heavy atom. The molecular weight excluding hydrogens is 289 g/mol. The smallest absolute Gasteiger partial charge is 0.120 e. The molecule has 0 aliphatic carbocycles. The van der Waals surface area contributed by atoms with Gasteiger partial charge in [0, 0.05) is 16.1 Å². The van der Waals surface area contributed by atoms with Gasteiger partial charge in [0.25, 0.3) is 0 Å². The van der Waals surface area contributed by atoms with Gasteiger partial charge in [-0.15, -0.1) is 19.0 Å². The van der Waals surface area contributed by atoms with Crippen LogP contribution >= 0.6 is 28.3 Å². The lowest BCUT2D eigenvalue weighted by atomic mass is 9.96. The molecule has 0 saturated carbocycles. The van der Waals surface area contributed by atoms with Gasteiger partial charge in [0.2, 0.25) is 0 Å². The van der Waals surface area contributed by atoms with Gasteiger partial charge < -0.3 is 10.8 Å². The molecule has 0 aromatic heterocycles. The Balaban J connectivity index is 0.00000225. The van der Waals surface area contributed by atoms with Crippen LogP contribution in [0, 0.1) is 13.8 Å². The number of nitrogens with two attached hydrogens (primary N) is 1. The fourth-order valence-electron chi connectivity index (χ4n) is 1.72. The standard InChI is InChI=1S/C12H16BrNO.ClH/c1-4-5-9(14)11-8(3)12(13)7(2)6-10(11)15;/h4,6,9,15H,1,5,14H2,2-3H3;1H/t9-;/m1./s1. The van der Waals surface area contributed by atoms with Gasteiger partial charge in [-0.3, -0.25) is 0 Å². The molecule has 1 aromatic rings. The van der Waals surface area contributed by atoms with E-state index >= 15 is 0 Å². The molecule has 0 unspecified atom stereocenters. The Morgan fingerprint density at radius 3 is 2.62 bits per heavy atom. The van der Waals surface area contributed by atoms with Crippen molar-refractivity contribution in [1.82, 2.24) is 0 Å². The quantitative estimate of drug-likeness (QED) is 0.835. The average molecular weight is 307 g/mol. The SMILES string of the molecule is C=CC[C@@H](N)c1c(O)cc(C)c(Br)c1C.Cl. The summed E-state index contributed by atoms with van der Waals surface area (Å²) in [4.78, 5) is 0. The maximum Gasteiger partial charge on any atom is 0.120 e. The van der Waals surface area contributed by atoms with Crippen LogP contribution < -0.4 is 5.73 Å². The van der Waals surface area contributed by atoms with Crippen LogP contribution in [-0.2, 0) is 0 Å². The summed E-state index contributed by atoms with van der Waals surface area (Å²) in [5, 5.41) is 9.86. The molecule has 4 heteroatoms. The van der Waals surface area contributed by atoms with E-state index in [-0.39, 0.29) is 24.2 Å². The molecule has 90 valence electrons. The molecule has 3 N–H and O–H groups in total. The third-order valence-electron chi connectivity index (χ3n) is 2.50. The van der Waals surface area contributed by atoms with Gasteiger partial charge in [0.1, 0.15) is 5.75 Å². The Kier molecular flexibility index (Phi) is 6.08. The van der Waals surface area contributed by atoms with E-state index in [2.05, 4.69) is 22.5 Å². The molecule has 0 radical (unpaired) electrons. The molecule has 0 spiro atoms. The average Bonchev–Trinajstić information content (AvgIpc) is 2.15. The van der Waals surface area contributed by atoms with Crippen molar-refractivity contribution >= 4 is 28.3 Å². The molecule has 0 amide bonds. The summed E-state index contributed by atoms with van der Waals surface area (Å²) in [5.74, 6) is 0.266. The van der Waals surface area contributed by atoms with E-state index in [0.29, 0.717) is 6.42 Å². The second kappa shape index (κ2) is 6.28. The van der Waals surface area contributed by atoms with E-state index in [1.165, 1.54) is 0 Å². The minimum absolute atomic E-state index is 0. The molecule has 0 aliphatic rings. The monoisotopic (exact) mass is 305 g/mol. The Morgan fingerprint density at radius 1 is 1.56 bits per heavy atom. The van der Waals surface area contributed by atoms with E-state index in [0.717, 1.165) is 21.2 Å². The van der Waals surface area contributed by atoms with Gasteiger partial charge in [-0.2, -0.15) is 0 Å². The second-order valence-corrected chi connectivity index (χ2v) is 4.49. The third kappa shape index (κ3) is 3.00. The van der Waals surface area contributed by atoms with E-state index in [1.54, 1.807) is 12.1 Å². The van der Waals surface area contributed by atoms with Gasteiger partial charge in [-0.05, 0) is 37.5 Å². The zero-order valence-electron chi connectivity index (χ0n) is 9.46. The number of hydrogen-bond donors (Lipinski definition) is 2. The summed E-state index contributed by atoms with van der Waals surface area (Å²) < 4.78 is 1.01. The summed E-state index contributed by atoms with van der Waals surface area (Å²) in [6, 6.07) is 1.54. The van der Waals surface area contributed by atoms with Crippen LogP contribution in [0.2, 0.25) is 0 Å². The number of benzene rings is 1. The van der Waals surface area contributed by atoms with E-state index in [4.69, 9.17) is 5.73 Å². The topological polar surface area (TPSA) is 46.2 Å². The molecule has 2 nitrogen and oxygen atoms in total. The maximum atomic E-state index is 9.86. The molecule has 0 heterocycles. The Bertz CT molecular complexity index is 393. The first-order chi connectivity index (χ1) is 6.99.